The lowest BCUT2D eigenvalue weighted by molar-refractivity contribution is 0.273. The summed E-state index contributed by atoms with van der Waals surface area (Å²) in [7, 11) is 1.66. The predicted molar refractivity (Wildman–Crippen MR) is 77.6 cm³/mol. The lowest BCUT2D eigenvalue weighted by atomic mass is 10.00. The van der Waals surface area contributed by atoms with Crippen LogP contribution in [0.25, 0.3) is 0 Å². The van der Waals surface area contributed by atoms with Gasteiger partial charge in [-0.05, 0) is 30.3 Å². The average molecular weight is 271 g/mol. The molecule has 104 valence electrons. The molecule has 0 saturated heterocycles. The first-order valence-corrected chi connectivity index (χ1v) is 6.62. The van der Waals surface area contributed by atoms with E-state index in [4.69, 9.17) is 9.47 Å². The summed E-state index contributed by atoms with van der Waals surface area (Å²) in [6, 6.07) is 13.1. The van der Waals surface area contributed by atoms with Crippen molar-refractivity contribution in [2.45, 2.75) is 12.5 Å². The summed E-state index contributed by atoms with van der Waals surface area (Å²) in [5, 5.41) is 13.0. The van der Waals surface area contributed by atoms with E-state index in [-0.39, 0.29) is 11.8 Å². The fraction of sp³-hybridized carbons (Fsp3) is 0.250. The van der Waals surface area contributed by atoms with Crippen LogP contribution in [-0.4, -0.2) is 18.8 Å². The molecule has 1 unspecified atom stereocenters. The minimum absolute atomic E-state index is 0.149. The molecule has 0 saturated carbocycles. The zero-order valence-corrected chi connectivity index (χ0v) is 11.3. The number of benzene rings is 2. The maximum absolute atomic E-state index is 9.54. The highest BCUT2D eigenvalue weighted by Crippen LogP contribution is 2.36. The topological polar surface area (TPSA) is 50.7 Å². The Kier molecular flexibility index (Phi) is 3.37. The molecule has 0 bridgehead atoms. The number of anilines is 1. The molecule has 2 aromatic carbocycles. The highest BCUT2D eigenvalue weighted by molar-refractivity contribution is 5.52. The van der Waals surface area contributed by atoms with Crippen LogP contribution < -0.4 is 14.8 Å². The zero-order chi connectivity index (χ0) is 13.9. The molecular formula is C16H17NO3. The van der Waals surface area contributed by atoms with Crippen molar-refractivity contribution in [1.29, 1.82) is 0 Å². The van der Waals surface area contributed by atoms with Gasteiger partial charge in [-0.25, -0.2) is 0 Å². The van der Waals surface area contributed by atoms with Gasteiger partial charge in [0.1, 0.15) is 17.2 Å². The van der Waals surface area contributed by atoms with Crippen LogP contribution in [0.1, 0.15) is 18.0 Å². The fourth-order valence-electron chi connectivity index (χ4n) is 2.45. The first-order valence-electron chi connectivity index (χ1n) is 6.62. The Morgan fingerprint density at radius 1 is 1.25 bits per heavy atom. The predicted octanol–water partition coefficient (Wildman–Crippen LogP) is 3.34. The van der Waals surface area contributed by atoms with Gasteiger partial charge in [-0.15, -0.1) is 0 Å². The van der Waals surface area contributed by atoms with Gasteiger partial charge in [0.05, 0.1) is 19.8 Å². The van der Waals surface area contributed by atoms with E-state index in [9.17, 15) is 5.11 Å². The van der Waals surface area contributed by atoms with Crippen molar-refractivity contribution in [3.63, 3.8) is 0 Å². The number of phenolic OH excluding ortho intramolecular Hbond substituents is 1. The zero-order valence-electron chi connectivity index (χ0n) is 11.3. The molecule has 0 fully saturated rings. The van der Waals surface area contributed by atoms with Crippen LogP contribution in [0.3, 0.4) is 0 Å². The molecule has 2 aromatic rings. The summed E-state index contributed by atoms with van der Waals surface area (Å²) in [4.78, 5) is 0. The summed E-state index contributed by atoms with van der Waals surface area (Å²) in [6.45, 7) is 0.676. The standard InChI is InChI=1S/C16H17NO3/c1-19-13-5-6-16-14(10-13)15(7-8-20-16)17-11-3-2-4-12(18)9-11/h2-6,9-10,15,17-18H,7-8H2,1H3. The maximum Gasteiger partial charge on any atom is 0.124 e. The van der Waals surface area contributed by atoms with E-state index >= 15 is 0 Å². The SMILES string of the molecule is COc1ccc2c(c1)C(Nc1cccc(O)c1)CCO2. The van der Waals surface area contributed by atoms with Gasteiger partial charge in [-0.3, -0.25) is 0 Å². The van der Waals surface area contributed by atoms with Crippen LogP contribution >= 0.6 is 0 Å². The van der Waals surface area contributed by atoms with Crippen LogP contribution in [0.4, 0.5) is 5.69 Å². The van der Waals surface area contributed by atoms with Gasteiger partial charge in [0, 0.05) is 23.7 Å². The first-order chi connectivity index (χ1) is 9.76. The van der Waals surface area contributed by atoms with Gasteiger partial charge in [-0.1, -0.05) is 6.07 Å². The van der Waals surface area contributed by atoms with E-state index in [2.05, 4.69) is 5.32 Å². The molecule has 1 heterocycles. The Hall–Kier alpha value is -2.36. The lowest BCUT2D eigenvalue weighted by Crippen LogP contribution is -2.20. The van der Waals surface area contributed by atoms with E-state index in [0.717, 1.165) is 29.2 Å². The van der Waals surface area contributed by atoms with Gasteiger partial charge in [0.15, 0.2) is 0 Å². The quantitative estimate of drug-likeness (QED) is 0.899. The van der Waals surface area contributed by atoms with Crippen molar-refractivity contribution in [2.75, 3.05) is 19.0 Å². The second kappa shape index (κ2) is 5.33. The second-order valence-corrected chi connectivity index (χ2v) is 4.79. The van der Waals surface area contributed by atoms with Gasteiger partial charge in [-0.2, -0.15) is 0 Å². The van der Waals surface area contributed by atoms with Crippen molar-refractivity contribution in [3.8, 4) is 17.2 Å². The van der Waals surface area contributed by atoms with Crippen molar-refractivity contribution in [1.82, 2.24) is 0 Å². The third-order valence-electron chi connectivity index (χ3n) is 3.44. The number of rotatable bonds is 3. The molecule has 3 rings (SSSR count). The second-order valence-electron chi connectivity index (χ2n) is 4.79. The molecule has 2 N–H and O–H groups in total. The Morgan fingerprint density at radius 3 is 2.95 bits per heavy atom. The lowest BCUT2D eigenvalue weighted by Gasteiger charge is -2.28. The van der Waals surface area contributed by atoms with Gasteiger partial charge in [0.25, 0.3) is 0 Å². The van der Waals surface area contributed by atoms with Crippen LogP contribution in [0.5, 0.6) is 17.2 Å². The number of ether oxygens (including phenoxy) is 2. The fourth-order valence-corrected chi connectivity index (χ4v) is 2.45. The number of fused-ring (bicyclic) bond motifs is 1. The molecule has 1 aliphatic rings. The molecule has 0 aromatic heterocycles. The summed E-state index contributed by atoms with van der Waals surface area (Å²) in [5.41, 5.74) is 1.98. The minimum Gasteiger partial charge on any atom is -0.508 e. The van der Waals surface area contributed by atoms with Crippen LogP contribution in [0.2, 0.25) is 0 Å². The molecule has 1 atom stereocenters. The van der Waals surface area contributed by atoms with E-state index in [1.165, 1.54) is 0 Å². The number of hydrogen-bond acceptors (Lipinski definition) is 4. The molecule has 0 radical (unpaired) electrons. The minimum atomic E-state index is 0.149. The molecule has 4 nitrogen and oxygen atoms in total. The smallest absolute Gasteiger partial charge is 0.124 e. The van der Waals surface area contributed by atoms with Gasteiger partial charge < -0.3 is 19.9 Å². The normalized spacial score (nSPS) is 16.9. The first kappa shape index (κ1) is 12.7. The molecule has 0 spiro atoms. The molecule has 0 amide bonds. The molecule has 1 aliphatic heterocycles. The molecule has 0 aliphatic carbocycles. The van der Waals surface area contributed by atoms with Crippen molar-refractivity contribution in [2.24, 2.45) is 0 Å². The highest BCUT2D eigenvalue weighted by Gasteiger charge is 2.22. The highest BCUT2D eigenvalue weighted by atomic mass is 16.5. The van der Waals surface area contributed by atoms with Crippen molar-refractivity contribution >= 4 is 5.69 Å². The van der Waals surface area contributed by atoms with E-state index in [1.54, 1.807) is 19.2 Å². The number of methoxy groups -OCH3 is 1. The maximum atomic E-state index is 9.54. The van der Waals surface area contributed by atoms with Gasteiger partial charge in [0.2, 0.25) is 0 Å². The van der Waals surface area contributed by atoms with Crippen LogP contribution in [-0.2, 0) is 0 Å². The summed E-state index contributed by atoms with van der Waals surface area (Å²) < 4.78 is 10.9. The monoisotopic (exact) mass is 271 g/mol. The largest absolute Gasteiger partial charge is 0.508 e. The van der Waals surface area contributed by atoms with Crippen LogP contribution in [0.15, 0.2) is 42.5 Å². The Labute approximate surface area is 118 Å². The number of aromatic hydroxyl groups is 1. The van der Waals surface area contributed by atoms with E-state index in [0.29, 0.717) is 6.61 Å². The number of nitrogens with one attached hydrogen (secondary N) is 1. The van der Waals surface area contributed by atoms with Gasteiger partial charge >= 0.3 is 0 Å². The summed E-state index contributed by atoms with van der Waals surface area (Å²) in [6.07, 6.45) is 0.871. The summed E-state index contributed by atoms with van der Waals surface area (Å²) >= 11 is 0. The van der Waals surface area contributed by atoms with Crippen molar-refractivity contribution < 1.29 is 14.6 Å². The van der Waals surface area contributed by atoms with E-state index in [1.807, 2.05) is 30.3 Å². The average Bonchev–Trinajstić information content (AvgIpc) is 2.47. The Bertz CT molecular complexity index is 612. The van der Waals surface area contributed by atoms with E-state index < -0.39 is 0 Å². The number of hydrogen-bond donors (Lipinski definition) is 2. The molecule has 20 heavy (non-hydrogen) atoms. The Morgan fingerprint density at radius 2 is 2.15 bits per heavy atom. The number of phenols is 1. The van der Waals surface area contributed by atoms with Crippen molar-refractivity contribution in [3.05, 3.63) is 48.0 Å². The Balaban J connectivity index is 1.89. The molecule has 4 heteroatoms. The third-order valence-corrected chi connectivity index (χ3v) is 3.44. The summed E-state index contributed by atoms with van der Waals surface area (Å²) in [5.74, 6) is 1.96. The van der Waals surface area contributed by atoms with Crippen LogP contribution in [0, 0.1) is 0 Å². The third kappa shape index (κ3) is 2.50. The molecular weight excluding hydrogens is 254 g/mol.